The van der Waals surface area contributed by atoms with E-state index in [1.54, 1.807) is 19.1 Å². The first kappa shape index (κ1) is 12.1. The van der Waals surface area contributed by atoms with Crippen LogP contribution in [-0.2, 0) is 0 Å². The van der Waals surface area contributed by atoms with Crippen LogP contribution in [0.3, 0.4) is 0 Å². The zero-order valence-electron chi connectivity index (χ0n) is 9.77. The van der Waals surface area contributed by atoms with Gasteiger partial charge in [-0.05, 0) is 36.8 Å². The minimum atomic E-state index is -0.638. The molecule has 0 spiro atoms. The van der Waals surface area contributed by atoms with Crippen LogP contribution in [0, 0.1) is 12.7 Å². The largest absolute Gasteiger partial charge is 0.507 e. The lowest BCUT2D eigenvalue weighted by molar-refractivity contribution is 0.1000. The standard InChI is InChI=1S/C14H12FNO2/c1-8-2-4-10(12(15)6-8)11-5-3-9(14(16)18)7-13(11)17/h2-7,17H,1H3,(H2,16,18). The molecule has 2 aromatic rings. The van der Waals surface area contributed by atoms with Gasteiger partial charge in [0, 0.05) is 16.7 Å². The van der Waals surface area contributed by atoms with Crippen molar-refractivity contribution in [3.63, 3.8) is 0 Å². The number of hydrogen-bond acceptors (Lipinski definition) is 2. The van der Waals surface area contributed by atoms with E-state index in [1.165, 1.54) is 24.3 Å². The summed E-state index contributed by atoms with van der Waals surface area (Å²) >= 11 is 0. The van der Waals surface area contributed by atoms with Crippen LogP contribution < -0.4 is 5.73 Å². The number of benzene rings is 2. The molecule has 0 radical (unpaired) electrons. The SMILES string of the molecule is Cc1ccc(-c2ccc(C(N)=O)cc2O)c(F)c1. The van der Waals surface area contributed by atoms with Crippen LogP contribution in [-0.4, -0.2) is 11.0 Å². The van der Waals surface area contributed by atoms with Gasteiger partial charge in [0.1, 0.15) is 11.6 Å². The predicted molar refractivity (Wildman–Crippen MR) is 66.8 cm³/mol. The first-order valence-corrected chi connectivity index (χ1v) is 5.38. The molecule has 1 amide bonds. The molecule has 0 saturated heterocycles. The fourth-order valence-electron chi connectivity index (χ4n) is 1.75. The van der Waals surface area contributed by atoms with E-state index >= 15 is 0 Å². The van der Waals surface area contributed by atoms with Gasteiger partial charge in [-0.1, -0.05) is 12.1 Å². The maximum atomic E-state index is 13.8. The molecule has 0 aliphatic rings. The van der Waals surface area contributed by atoms with Crippen LogP contribution >= 0.6 is 0 Å². The molecule has 2 aromatic carbocycles. The second-order valence-electron chi connectivity index (χ2n) is 4.08. The maximum absolute atomic E-state index is 13.8. The van der Waals surface area contributed by atoms with E-state index < -0.39 is 11.7 Å². The molecule has 0 atom stereocenters. The summed E-state index contributed by atoms with van der Waals surface area (Å²) in [5.41, 5.74) is 6.69. The Morgan fingerprint density at radius 2 is 1.83 bits per heavy atom. The van der Waals surface area contributed by atoms with Gasteiger partial charge in [0.2, 0.25) is 5.91 Å². The molecule has 2 rings (SSSR count). The average molecular weight is 245 g/mol. The van der Waals surface area contributed by atoms with E-state index in [1.807, 2.05) is 0 Å². The molecule has 3 nitrogen and oxygen atoms in total. The lowest BCUT2D eigenvalue weighted by Crippen LogP contribution is -2.10. The van der Waals surface area contributed by atoms with E-state index in [2.05, 4.69) is 0 Å². The summed E-state index contributed by atoms with van der Waals surface area (Å²) in [6.07, 6.45) is 0. The first-order valence-electron chi connectivity index (χ1n) is 5.38. The van der Waals surface area contributed by atoms with Gasteiger partial charge in [0.05, 0.1) is 0 Å². The first-order chi connectivity index (χ1) is 8.49. The number of phenolic OH excluding ortho intramolecular Hbond substituents is 1. The van der Waals surface area contributed by atoms with Crippen molar-refractivity contribution < 1.29 is 14.3 Å². The predicted octanol–water partition coefficient (Wildman–Crippen LogP) is 2.61. The fraction of sp³-hybridized carbons (Fsp3) is 0.0714. The van der Waals surface area contributed by atoms with Crippen molar-refractivity contribution in [3.05, 3.63) is 53.3 Å². The van der Waals surface area contributed by atoms with E-state index in [9.17, 15) is 14.3 Å². The van der Waals surface area contributed by atoms with Gasteiger partial charge in [-0.15, -0.1) is 0 Å². The maximum Gasteiger partial charge on any atom is 0.248 e. The Kier molecular flexibility index (Phi) is 3.02. The minimum Gasteiger partial charge on any atom is -0.507 e. The van der Waals surface area contributed by atoms with E-state index in [0.29, 0.717) is 5.56 Å². The van der Waals surface area contributed by atoms with Gasteiger partial charge < -0.3 is 10.8 Å². The van der Waals surface area contributed by atoms with Gasteiger partial charge >= 0.3 is 0 Å². The third-order valence-corrected chi connectivity index (χ3v) is 2.70. The molecule has 0 bridgehead atoms. The number of phenols is 1. The van der Waals surface area contributed by atoms with Crippen molar-refractivity contribution in [2.75, 3.05) is 0 Å². The average Bonchev–Trinajstić information content (AvgIpc) is 2.30. The van der Waals surface area contributed by atoms with Crippen molar-refractivity contribution in [1.82, 2.24) is 0 Å². The molecular weight excluding hydrogens is 233 g/mol. The number of aryl methyl sites for hydroxylation is 1. The van der Waals surface area contributed by atoms with Crippen LogP contribution in [0.5, 0.6) is 5.75 Å². The third-order valence-electron chi connectivity index (χ3n) is 2.70. The van der Waals surface area contributed by atoms with Crippen molar-refractivity contribution in [1.29, 1.82) is 0 Å². The van der Waals surface area contributed by atoms with E-state index in [-0.39, 0.29) is 16.9 Å². The molecule has 0 unspecified atom stereocenters. The minimum absolute atomic E-state index is 0.172. The van der Waals surface area contributed by atoms with Crippen LogP contribution in [0.15, 0.2) is 36.4 Å². The van der Waals surface area contributed by atoms with Crippen LogP contribution in [0.4, 0.5) is 4.39 Å². The van der Waals surface area contributed by atoms with Gasteiger partial charge in [0.15, 0.2) is 0 Å². The van der Waals surface area contributed by atoms with Crippen molar-refractivity contribution in [3.8, 4) is 16.9 Å². The lowest BCUT2D eigenvalue weighted by Gasteiger charge is -2.08. The monoisotopic (exact) mass is 245 g/mol. The Morgan fingerprint density at radius 3 is 2.39 bits per heavy atom. The van der Waals surface area contributed by atoms with Gasteiger partial charge in [-0.25, -0.2) is 4.39 Å². The molecular formula is C14H12FNO2. The van der Waals surface area contributed by atoms with Crippen molar-refractivity contribution in [2.45, 2.75) is 6.92 Å². The van der Waals surface area contributed by atoms with Crippen LogP contribution in [0.2, 0.25) is 0 Å². The van der Waals surface area contributed by atoms with E-state index in [4.69, 9.17) is 5.73 Å². The molecule has 18 heavy (non-hydrogen) atoms. The molecule has 3 N–H and O–H groups in total. The number of hydrogen-bond donors (Lipinski definition) is 2. The van der Waals surface area contributed by atoms with Crippen molar-refractivity contribution >= 4 is 5.91 Å². The number of primary amides is 1. The Labute approximate surface area is 104 Å². The number of carbonyl (C=O) groups excluding carboxylic acids is 1. The Morgan fingerprint density at radius 1 is 1.17 bits per heavy atom. The number of nitrogens with two attached hydrogens (primary N) is 1. The highest BCUT2D eigenvalue weighted by Gasteiger charge is 2.11. The summed E-state index contributed by atoms with van der Waals surface area (Å²) in [5, 5.41) is 9.81. The molecule has 0 fully saturated rings. The number of halogens is 1. The summed E-state index contributed by atoms with van der Waals surface area (Å²) < 4.78 is 13.8. The van der Waals surface area contributed by atoms with Crippen molar-refractivity contribution in [2.24, 2.45) is 5.73 Å². The summed E-state index contributed by atoms with van der Waals surface area (Å²) in [6.45, 7) is 1.78. The fourth-order valence-corrected chi connectivity index (χ4v) is 1.75. The van der Waals surface area contributed by atoms with Gasteiger partial charge in [-0.2, -0.15) is 0 Å². The number of aromatic hydroxyl groups is 1. The summed E-state index contributed by atoms with van der Waals surface area (Å²) in [5.74, 6) is -1.23. The molecule has 0 saturated carbocycles. The lowest BCUT2D eigenvalue weighted by atomic mass is 10.0. The quantitative estimate of drug-likeness (QED) is 0.854. The Balaban J connectivity index is 2.54. The molecule has 0 aromatic heterocycles. The Hall–Kier alpha value is -2.36. The Bertz CT molecular complexity index is 623. The van der Waals surface area contributed by atoms with Gasteiger partial charge in [0.25, 0.3) is 0 Å². The van der Waals surface area contributed by atoms with Crippen LogP contribution in [0.25, 0.3) is 11.1 Å². The zero-order valence-corrected chi connectivity index (χ0v) is 9.77. The summed E-state index contributed by atoms with van der Waals surface area (Å²) in [7, 11) is 0. The second kappa shape index (κ2) is 4.49. The highest BCUT2D eigenvalue weighted by atomic mass is 19.1. The smallest absolute Gasteiger partial charge is 0.248 e. The molecule has 92 valence electrons. The number of amides is 1. The zero-order chi connectivity index (χ0) is 13.3. The number of rotatable bonds is 2. The third kappa shape index (κ3) is 2.18. The molecule has 0 heterocycles. The highest BCUT2D eigenvalue weighted by Crippen LogP contribution is 2.32. The normalized spacial score (nSPS) is 10.3. The number of carbonyl (C=O) groups is 1. The molecule has 0 aliphatic carbocycles. The highest BCUT2D eigenvalue weighted by molar-refractivity contribution is 5.94. The van der Waals surface area contributed by atoms with Crippen LogP contribution in [0.1, 0.15) is 15.9 Å². The van der Waals surface area contributed by atoms with E-state index in [0.717, 1.165) is 5.56 Å². The topological polar surface area (TPSA) is 63.3 Å². The second-order valence-corrected chi connectivity index (χ2v) is 4.08. The summed E-state index contributed by atoms with van der Waals surface area (Å²) in [6, 6.07) is 8.89. The van der Waals surface area contributed by atoms with Gasteiger partial charge in [-0.3, -0.25) is 4.79 Å². The molecule has 4 heteroatoms. The molecule has 0 aliphatic heterocycles. The summed E-state index contributed by atoms with van der Waals surface area (Å²) in [4.78, 5) is 10.9.